The molecule has 0 spiro atoms. The van der Waals surface area contributed by atoms with Gasteiger partial charge in [-0.05, 0) is 47.7 Å². The zero-order valence-corrected chi connectivity index (χ0v) is 14.7. The Morgan fingerprint density at radius 1 is 1.07 bits per heavy atom. The second-order valence-corrected chi connectivity index (χ2v) is 6.20. The molecule has 27 heavy (non-hydrogen) atoms. The van der Waals surface area contributed by atoms with Crippen LogP contribution in [0.3, 0.4) is 0 Å². The molecule has 0 bridgehead atoms. The van der Waals surface area contributed by atoms with E-state index in [1.54, 1.807) is 30.6 Å². The van der Waals surface area contributed by atoms with Gasteiger partial charge in [-0.1, -0.05) is 30.3 Å². The fraction of sp³-hybridized carbons (Fsp3) is 0.190. The number of nitro benzene ring substituents is 1. The average Bonchev–Trinajstić information content (AvgIpc) is 2.72. The number of aliphatic hydroxyl groups is 1. The molecule has 0 aliphatic rings. The van der Waals surface area contributed by atoms with Gasteiger partial charge in [-0.25, -0.2) is 0 Å². The maximum absolute atomic E-state index is 10.9. The lowest BCUT2D eigenvalue weighted by Crippen LogP contribution is -2.18. The monoisotopic (exact) mass is 364 g/mol. The smallest absolute Gasteiger partial charge is 0.270 e. The fourth-order valence-corrected chi connectivity index (χ4v) is 2.70. The van der Waals surface area contributed by atoms with Crippen LogP contribution in [-0.2, 0) is 6.42 Å². The van der Waals surface area contributed by atoms with Crippen molar-refractivity contribution >= 4 is 5.69 Å². The van der Waals surface area contributed by atoms with Crippen LogP contribution in [0.15, 0.2) is 73.1 Å². The third-order valence-electron chi connectivity index (χ3n) is 4.18. The Morgan fingerprint density at radius 2 is 1.89 bits per heavy atom. The number of non-ortho nitro benzene ring substituents is 1. The Hall–Kier alpha value is -3.25. The van der Waals surface area contributed by atoms with Crippen molar-refractivity contribution in [2.45, 2.75) is 18.9 Å². The van der Waals surface area contributed by atoms with Gasteiger partial charge in [-0.15, -0.1) is 0 Å². The van der Waals surface area contributed by atoms with E-state index in [1.165, 1.54) is 12.1 Å². The highest BCUT2D eigenvalue weighted by Gasteiger charge is 2.08. The summed E-state index contributed by atoms with van der Waals surface area (Å²) in [6, 6.07) is 17.6. The summed E-state index contributed by atoms with van der Waals surface area (Å²) in [4.78, 5) is 14.5. The van der Waals surface area contributed by atoms with Crippen LogP contribution >= 0.6 is 0 Å². The third kappa shape index (κ3) is 5.36. The van der Waals surface area contributed by atoms with Crippen LogP contribution in [0.4, 0.5) is 5.69 Å². The maximum atomic E-state index is 10.9. The maximum Gasteiger partial charge on any atom is 0.270 e. The first-order chi connectivity index (χ1) is 13.1. The first-order valence-corrected chi connectivity index (χ1v) is 8.66. The number of nitrogens with zero attached hydrogens (tertiary/aromatic N) is 2. The van der Waals surface area contributed by atoms with Gasteiger partial charge in [-0.2, -0.15) is 0 Å². The van der Waals surface area contributed by atoms with Crippen molar-refractivity contribution in [3.8, 4) is 16.9 Å². The Bertz CT molecular complexity index is 882. The normalized spacial score (nSPS) is 11.7. The van der Waals surface area contributed by atoms with Gasteiger partial charge in [-0.3, -0.25) is 15.1 Å². The minimum absolute atomic E-state index is 0.0598. The topological polar surface area (TPSA) is 85.5 Å². The summed E-state index contributed by atoms with van der Waals surface area (Å²) < 4.78 is 5.64. The van der Waals surface area contributed by atoms with Gasteiger partial charge in [0.1, 0.15) is 12.4 Å². The van der Waals surface area contributed by atoms with Crippen molar-refractivity contribution in [2.75, 3.05) is 6.61 Å². The summed E-state index contributed by atoms with van der Waals surface area (Å²) >= 11 is 0. The number of aryl methyl sites for hydroxylation is 1. The molecule has 1 N–H and O–H groups in total. The lowest BCUT2D eigenvalue weighted by atomic mass is 10.1. The standard InChI is InChI=1S/C21H20N2O4/c24-20(9-6-16-3-2-12-22-14-16)15-27-21-10-7-17(8-11-21)18-4-1-5-19(13-18)23(25)26/h1-5,7-8,10-14,20,24H,6,9,15H2/t20-/m0/s1. The van der Waals surface area contributed by atoms with Crippen LogP contribution < -0.4 is 4.74 Å². The third-order valence-corrected chi connectivity index (χ3v) is 4.18. The van der Waals surface area contributed by atoms with Crippen molar-refractivity contribution in [2.24, 2.45) is 0 Å². The molecule has 0 saturated carbocycles. The van der Waals surface area contributed by atoms with Crippen molar-refractivity contribution in [1.82, 2.24) is 4.98 Å². The van der Waals surface area contributed by atoms with Crippen molar-refractivity contribution in [3.05, 3.63) is 88.7 Å². The largest absolute Gasteiger partial charge is 0.491 e. The molecule has 6 nitrogen and oxygen atoms in total. The predicted octanol–water partition coefficient (Wildman–Crippen LogP) is 4.03. The molecule has 0 radical (unpaired) electrons. The molecule has 0 amide bonds. The van der Waals surface area contributed by atoms with E-state index in [0.717, 1.165) is 23.1 Å². The van der Waals surface area contributed by atoms with E-state index in [2.05, 4.69) is 4.98 Å². The number of aromatic nitrogens is 1. The molecule has 0 saturated heterocycles. The minimum atomic E-state index is -0.568. The zero-order valence-electron chi connectivity index (χ0n) is 14.7. The molecule has 3 aromatic rings. The first kappa shape index (κ1) is 18.5. The predicted molar refractivity (Wildman–Crippen MR) is 103 cm³/mol. The molecule has 2 aromatic carbocycles. The number of rotatable bonds is 8. The lowest BCUT2D eigenvalue weighted by molar-refractivity contribution is -0.384. The minimum Gasteiger partial charge on any atom is -0.491 e. The van der Waals surface area contributed by atoms with Crippen molar-refractivity contribution in [1.29, 1.82) is 0 Å². The van der Waals surface area contributed by atoms with E-state index in [0.29, 0.717) is 12.2 Å². The zero-order chi connectivity index (χ0) is 19.1. The molecule has 1 heterocycles. The van der Waals surface area contributed by atoms with E-state index >= 15 is 0 Å². The molecule has 6 heteroatoms. The molecule has 1 atom stereocenters. The second kappa shape index (κ2) is 8.91. The number of benzene rings is 2. The van der Waals surface area contributed by atoms with Crippen molar-refractivity contribution < 1.29 is 14.8 Å². The highest BCUT2D eigenvalue weighted by molar-refractivity contribution is 5.66. The lowest BCUT2D eigenvalue weighted by Gasteiger charge is -2.12. The molecule has 3 rings (SSSR count). The van der Waals surface area contributed by atoms with E-state index in [1.807, 2.05) is 30.3 Å². The highest BCUT2D eigenvalue weighted by Crippen LogP contribution is 2.25. The number of hydrogen-bond donors (Lipinski definition) is 1. The van der Waals surface area contributed by atoms with E-state index < -0.39 is 11.0 Å². The van der Waals surface area contributed by atoms with Crippen LogP contribution in [0.1, 0.15) is 12.0 Å². The summed E-state index contributed by atoms with van der Waals surface area (Å²) in [6.07, 6.45) is 4.28. The van der Waals surface area contributed by atoms with Gasteiger partial charge >= 0.3 is 0 Å². The number of nitro groups is 1. The average molecular weight is 364 g/mol. The molecule has 0 aliphatic heterocycles. The Morgan fingerprint density at radius 3 is 2.59 bits per heavy atom. The fourth-order valence-electron chi connectivity index (χ4n) is 2.70. The van der Waals surface area contributed by atoms with Crippen LogP contribution in [-0.4, -0.2) is 27.7 Å². The van der Waals surface area contributed by atoms with E-state index in [-0.39, 0.29) is 12.3 Å². The van der Waals surface area contributed by atoms with Crippen molar-refractivity contribution in [3.63, 3.8) is 0 Å². The van der Waals surface area contributed by atoms with E-state index in [9.17, 15) is 15.2 Å². The van der Waals surface area contributed by atoms with Gasteiger partial charge in [0.2, 0.25) is 0 Å². The van der Waals surface area contributed by atoms with E-state index in [4.69, 9.17) is 4.74 Å². The SMILES string of the molecule is O=[N+]([O-])c1cccc(-c2ccc(OC[C@@H](O)CCc3cccnc3)cc2)c1. The van der Waals surface area contributed by atoms with Crippen LogP contribution in [0.5, 0.6) is 5.75 Å². The van der Waals surface area contributed by atoms with Gasteiger partial charge in [0, 0.05) is 24.5 Å². The Kier molecular flexibility index (Phi) is 6.12. The summed E-state index contributed by atoms with van der Waals surface area (Å²) in [5, 5.41) is 21.0. The molecule has 0 aliphatic carbocycles. The number of pyridine rings is 1. The highest BCUT2D eigenvalue weighted by atomic mass is 16.6. The quantitative estimate of drug-likeness (QED) is 0.482. The van der Waals surface area contributed by atoms with Crippen LogP contribution in [0.2, 0.25) is 0 Å². The second-order valence-electron chi connectivity index (χ2n) is 6.20. The van der Waals surface area contributed by atoms with Gasteiger partial charge in [0.05, 0.1) is 11.0 Å². The summed E-state index contributed by atoms with van der Waals surface area (Å²) in [6.45, 7) is 0.205. The Labute approximate surface area is 157 Å². The number of hydrogen-bond acceptors (Lipinski definition) is 5. The van der Waals surface area contributed by atoms with Gasteiger partial charge in [0.25, 0.3) is 5.69 Å². The number of aliphatic hydroxyl groups excluding tert-OH is 1. The summed E-state index contributed by atoms with van der Waals surface area (Å²) in [5.41, 5.74) is 2.78. The van der Waals surface area contributed by atoms with Gasteiger partial charge < -0.3 is 9.84 Å². The van der Waals surface area contributed by atoms with Crippen LogP contribution in [0, 0.1) is 10.1 Å². The van der Waals surface area contributed by atoms with Gasteiger partial charge in [0.15, 0.2) is 0 Å². The molecule has 138 valence electrons. The number of ether oxygens (including phenoxy) is 1. The summed E-state index contributed by atoms with van der Waals surface area (Å²) in [7, 11) is 0. The molecule has 0 unspecified atom stereocenters. The Balaban J connectivity index is 1.53. The molecule has 1 aromatic heterocycles. The summed E-state index contributed by atoms with van der Waals surface area (Å²) in [5.74, 6) is 0.643. The molecular formula is C21H20N2O4. The molecule has 0 fully saturated rings. The van der Waals surface area contributed by atoms with Crippen LogP contribution in [0.25, 0.3) is 11.1 Å². The first-order valence-electron chi connectivity index (χ1n) is 8.66. The molecular weight excluding hydrogens is 344 g/mol.